The SMILES string of the molecule is Cn1cc(C(c2ccccc2OS(N)(=O)=O)c2c[nH]c3ccccc23)c2ccccc21. The minimum Gasteiger partial charge on any atom is -0.371 e. The third kappa shape index (κ3) is 3.48. The molecular formula is C24H21N3O3S. The zero-order chi connectivity index (χ0) is 21.6. The first-order chi connectivity index (χ1) is 14.9. The van der Waals surface area contributed by atoms with Crippen molar-refractivity contribution >= 4 is 32.1 Å². The Balaban J connectivity index is 1.83. The van der Waals surface area contributed by atoms with E-state index < -0.39 is 10.3 Å². The molecule has 1 unspecified atom stereocenters. The monoisotopic (exact) mass is 431 g/mol. The number of H-pyrrole nitrogens is 1. The van der Waals surface area contributed by atoms with Gasteiger partial charge < -0.3 is 13.7 Å². The summed E-state index contributed by atoms with van der Waals surface area (Å²) in [6, 6.07) is 23.3. The summed E-state index contributed by atoms with van der Waals surface area (Å²) in [6.07, 6.45) is 4.07. The number of hydrogen-bond acceptors (Lipinski definition) is 3. The molecule has 0 saturated carbocycles. The highest BCUT2D eigenvalue weighted by atomic mass is 32.2. The molecule has 0 amide bonds. The number of benzene rings is 3. The van der Waals surface area contributed by atoms with E-state index in [1.165, 1.54) is 0 Å². The standard InChI is InChI=1S/C24H21N3O3S/c1-27-15-20(17-9-3-6-12-22(17)27)24(19-14-26-21-11-5-2-8-16(19)21)18-10-4-7-13-23(18)30-31(25,28)29/h2-15,24,26H,1H3,(H2,25,28,29). The zero-order valence-corrected chi connectivity index (χ0v) is 17.6. The summed E-state index contributed by atoms with van der Waals surface area (Å²) in [7, 11) is -2.17. The van der Waals surface area contributed by atoms with Gasteiger partial charge >= 0.3 is 10.3 Å². The predicted octanol–water partition coefficient (Wildman–Crippen LogP) is 4.42. The van der Waals surface area contributed by atoms with Crippen LogP contribution in [0.5, 0.6) is 5.75 Å². The highest BCUT2D eigenvalue weighted by molar-refractivity contribution is 7.84. The molecule has 0 saturated heterocycles. The molecule has 2 heterocycles. The second-order valence-electron chi connectivity index (χ2n) is 7.55. The van der Waals surface area contributed by atoms with E-state index >= 15 is 0 Å². The first-order valence-corrected chi connectivity index (χ1v) is 11.3. The lowest BCUT2D eigenvalue weighted by atomic mass is 9.84. The third-order valence-corrected chi connectivity index (χ3v) is 6.02. The number of aromatic amines is 1. The molecule has 1 atom stereocenters. The first kappa shape index (κ1) is 19.4. The maximum Gasteiger partial charge on any atom is 0.380 e. The van der Waals surface area contributed by atoms with E-state index in [4.69, 9.17) is 9.32 Å². The maximum absolute atomic E-state index is 11.8. The summed E-state index contributed by atoms with van der Waals surface area (Å²) in [5, 5.41) is 7.37. The Labute approximate surface area is 180 Å². The van der Waals surface area contributed by atoms with Crippen LogP contribution in [-0.4, -0.2) is 18.0 Å². The third-order valence-electron chi connectivity index (χ3n) is 5.61. The molecular weight excluding hydrogens is 410 g/mol. The molecule has 6 nitrogen and oxygen atoms in total. The van der Waals surface area contributed by atoms with Gasteiger partial charge in [-0.15, -0.1) is 0 Å². The Kier molecular flexibility index (Phi) is 4.57. The molecule has 5 aromatic rings. The summed E-state index contributed by atoms with van der Waals surface area (Å²) in [5.74, 6) is -0.0617. The molecule has 0 radical (unpaired) electrons. The Hall–Kier alpha value is -3.55. The van der Waals surface area contributed by atoms with E-state index in [1.807, 2.05) is 55.7 Å². The van der Waals surface area contributed by atoms with Crippen LogP contribution < -0.4 is 9.32 Å². The molecule has 5 rings (SSSR count). The number of aromatic nitrogens is 2. The zero-order valence-electron chi connectivity index (χ0n) is 16.8. The van der Waals surface area contributed by atoms with Crippen molar-refractivity contribution in [3.05, 3.63) is 102 Å². The van der Waals surface area contributed by atoms with E-state index in [0.29, 0.717) is 0 Å². The number of rotatable bonds is 5. The smallest absolute Gasteiger partial charge is 0.371 e. The number of nitrogens with zero attached hydrogens (tertiary/aromatic N) is 1. The van der Waals surface area contributed by atoms with Gasteiger partial charge in [-0.2, -0.15) is 13.6 Å². The number of nitrogens with one attached hydrogen (secondary N) is 1. The van der Waals surface area contributed by atoms with Crippen LogP contribution in [0.4, 0.5) is 0 Å². The van der Waals surface area contributed by atoms with E-state index in [9.17, 15) is 8.42 Å². The number of fused-ring (bicyclic) bond motifs is 2. The van der Waals surface area contributed by atoms with E-state index in [-0.39, 0.29) is 11.7 Å². The largest absolute Gasteiger partial charge is 0.380 e. The fourth-order valence-electron chi connectivity index (χ4n) is 4.36. The number of nitrogens with two attached hydrogens (primary N) is 1. The maximum atomic E-state index is 11.8. The molecule has 0 aliphatic carbocycles. The van der Waals surface area contributed by atoms with Crippen molar-refractivity contribution in [2.45, 2.75) is 5.92 Å². The lowest BCUT2D eigenvalue weighted by molar-refractivity contribution is 0.484. The summed E-state index contributed by atoms with van der Waals surface area (Å²) in [4.78, 5) is 3.34. The molecule has 0 bridgehead atoms. The van der Waals surface area contributed by atoms with Crippen LogP contribution in [0.1, 0.15) is 22.6 Å². The second kappa shape index (κ2) is 7.30. The molecule has 0 aliphatic rings. The van der Waals surface area contributed by atoms with Crippen LogP contribution in [0.25, 0.3) is 21.8 Å². The molecule has 3 aromatic carbocycles. The van der Waals surface area contributed by atoms with Gasteiger partial charge in [0.1, 0.15) is 5.75 Å². The molecule has 31 heavy (non-hydrogen) atoms. The van der Waals surface area contributed by atoms with Crippen molar-refractivity contribution in [3.63, 3.8) is 0 Å². The van der Waals surface area contributed by atoms with Crippen molar-refractivity contribution in [3.8, 4) is 5.75 Å². The van der Waals surface area contributed by atoms with Gasteiger partial charge in [-0.05, 0) is 29.3 Å². The lowest BCUT2D eigenvalue weighted by Crippen LogP contribution is -2.20. The first-order valence-electron chi connectivity index (χ1n) is 9.83. The van der Waals surface area contributed by atoms with Crippen LogP contribution in [0.15, 0.2) is 85.2 Å². The summed E-state index contributed by atoms with van der Waals surface area (Å²) in [5.41, 5.74) is 4.89. The van der Waals surface area contributed by atoms with Gasteiger partial charge in [0.15, 0.2) is 0 Å². The summed E-state index contributed by atoms with van der Waals surface area (Å²) >= 11 is 0. The second-order valence-corrected chi connectivity index (χ2v) is 8.70. The van der Waals surface area contributed by atoms with E-state index in [2.05, 4.69) is 33.9 Å². The minimum atomic E-state index is -4.18. The van der Waals surface area contributed by atoms with Gasteiger partial charge in [-0.1, -0.05) is 54.6 Å². The van der Waals surface area contributed by atoms with Crippen LogP contribution >= 0.6 is 0 Å². The van der Waals surface area contributed by atoms with Crippen LogP contribution in [0, 0.1) is 0 Å². The molecule has 156 valence electrons. The van der Waals surface area contributed by atoms with Crippen LogP contribution in [0.3, 0.4) is 0 Å². The Bertz CT molecular complexity index is 1520. The van der Waals surface area contributed by atoms with Crippen molar-refractivity contribution in [2.24, 2.45) is 12.2 Å². The van der Waals surface area contributed by atoms with Gasteiger partial charge in [0.2, 0.25) is 0 Å². The van der Waals surface area contributed by atoms with Crippen molar-refractivity contribution in [1.82, 2.24) is 9.55 Å². The molecule has 0 spiro atoms. The van der Waals surface area contributed by atoms with Gasteiger partial charge in [0, 0.05) is 52.7 Å². The topological polar surface area (TPSA) is 90.1 Å². The highest BCUT2D eigenvalue weighted by Gasteiger charge is 2.27. The van der Waals surface area contributed by atoms with E-state index in [0.717, 1.165) is 38.5 Å². The summed E-state index contributed by atoms with van der Waals surface area (Å²) < 4.78 is 30.8. The average Bonchev–Trinajstić information content (AvgIpc) is 3.31. The van der Waals surface area contributed by atoms with Crippen LogP contribution in [-0.2, 0) is 17.4 Å². The Morgan fingerprint density at radius 1 is 0.871 bits per heavy atom. The molecule has 7 heteroatoms. The predicted molar refractivity (Wildman–Crippen MR) is 122 cm³/mol. The fourth-order valence-corrected chi connectivity index (χ4v) is 4.76. The number of para-hydroxylation sites is 3. The van der Waals surface area contributed by atoms with Gasteiger partial charge in [-0.3, -0.25) is 0 Å². The Morgan fingerprint density at radius 3 is 2.35 bits per heavy atom. The van der Waals surface area contributed by atoms with Crippen molar-refractivity contribution in [2.75, 3.05) is 0 Å². The molecule has 0 fully saturated rings. The van der Waals surface area contributed by atoms with Gasteiger partial charge in [0.25, 0.3) is 0 Å². The lowest BCUT2D eigenvalue weighted by Gasteiger charge is -2.20. The number of aryl methyl sites for hydroxylation is 1. The Morgan fingerprint density at radius 2 is 1.55 bits per heavy atom. The molecule has 0 aliphatic heterocycles. The highest BCUT2D eigenvalue weighted by Crippen LogP contribution is 2.43. The van der Waals surface area contributed by atoms with Crippen LogP contribution in [0.2, 0.25) is 0 Å². The summed E-state index contributed by atoms with van der Waals surface area (Å²) in [6.45, 7) is 0. The van der Waals surface area contributed by atoms with Gasteiger partial charge in [-0.25, -0.2) is 0 Å². The molecule has 3 N–H and O–H groups in total. The quantitative estimate of drug-likeness (QED) is 0.432. The van der Waals surface area contributed by atoms with Crippen molar-refractivity contribution < 1.29 is 12.6 Å². The fraction of sp³-hybridized carbons (Fsp3) is 0.0833. The normalized spacial score (nSPS) is 13.0. The minimum absolute atomic E-state index is 0.216. The van der Waals surface area contributed by atoms with Gasteiger partial charge in [0.05, 0.1) is 0 Å². The van der Waals surface area contributed by atoms with Crippen molar-refractivity contribution in [1.29, 1.82) is 0 Å². The average molecular weight is 432 g/mol. The number of hydrogen-bond donors (Lipinski definition) is 2. The molecule has 2 aromatic heterocycles. The van der Waals surface area contributed by atoms with E-state index in [1.54, 1.807) is 12.1 Å².